The van der Waals surface area contributed by atoms with Gasteiger partial charge in [0.05, 0.1) is 6.54 Å². The second kappa shape index (κ2) is 7.53. The molecule has 4 rings (SSSR count). The molecular formula is C19H21N7O. The highest BCUT2D eigenvalue weighted by molar-refractivity contribution is 5.95. The Hall–Kier alpha value is -3.29. The monoisotopic (exact) mass is 363 g/mol. The SMILES string of the molecule is Cc1nc(NCc2nncn2CCc2ccccc2)c2c(n1)C(=O)NCC2. The van der Waals surface area contributed by atoms with Crippen LogP contribution in [0.25, 0.3) is 0 Å². The van der Waals surface area contributed by atoms with Crippen LogP contribution >= 0.6 is 0 Å². The largest absolute Gasteiger partial charge is 0.362 e. The first-order valence-electron chi connectivity index (χ1n) is 9.01. The predicted molar refractivity (Wildman–Crippen MR) is 100 cm³/mol. The molecule has 2 N–H and O–H groups in total. The summed E-state index contributed by atoms with van der Waals surface area (Å²) in [4.78, 5) is 20.8. The summed E-state index contributed by atoms with van der Waals surface area (Å²) in [6.45, 7) is 3.67. The fraction of sp³-hybridized carbons (Fsp3) is 0.316. The van der Waals surface area contributed by atoms with Gasteiger partial charge in [-0.1, -0.05) is 30.3 Å². The van der Waals surface area contributed by atoms with Crippen LogP contribution in [0.15, 0.2) is 36.7 Å². The van der Waals surface area contributed by atoms with Crippen molar-refractivity contribution in [2.24, 2.45) is 0 Å². The highest BCUT2D eigenvalue weighted by Crippen LogP contribution is 2.20. The zero-order valence-corrected chi connectivity index (χ0v) is 15.1. The molecule has 0 saturated carbocycles. The number of nitrogens with zero attached hydrogens (tertiary/aromatic N) is 5. The molecule has 0 fully saturated rings. The van der Waals surface area contributed by atoms with Crippen molar-refractivity contribution in [2.75, 3.05) is 11.9 Å². The first-order valence-corrected chi connectivity index (χ1v) is 9.01. The maximum absolute atomic E-state index is 12.0. The fourth-order valence-electron chi connectivity index (χ4n) is 3.21. The first kappa shape index (κ1) is 17.1. The van der Waals surface area contributed by atoms with E-state index in [1.807, 2.05) is 22.8 Å². The lowest BCUT2D eigenvalue weighted by Crippen LogP contribution is -2.34. The second-order valence-electron chi connectivity index (χ2n) is 6.48. The molecule has 1 amide bonds. The minimum Gasteiger partial charge on any atom is -0.362 e. The van der Waals surface area contributed by atoms with Crippen molar-refractivity contribution in [2.45, 2.75) is 32.9 Å². The molecule has 0 aliphatic carbocycles. The van der Waals surface area contributed by atoms with Crippen LogP contribution in [0.2, 0.25) is 0 Å². The summed E-state index contributed by atoms with van der Waals surface area (Å²) in [6, 6.07) is 10.3. The van der Waals surface area contributed by atoms with Crippen LogP contribution in [0.5, 0.6) is 0 Å². The summed E-state index contributed by atoms with van der Waals surface area (Å²) in [6.07, 6.45) is 3.37. The summed E-state index contributed by atoms with van der Waals surface area (Å²) >= 11 is 0. The van der Waals surface area contributed by atoms with E-state index in [1.54, 1.807) is 13.3 Å². The highest BCUT2D eigenvalue weighted by Gasteiger charge is 2.23. The van der Waals surface area contributed by atoms with Gasteiger partial charge in [0.25, 0.3) is 5.91 Å². The van der Waals surface area contributed by atoms with Crippen LogP contribution < -0.4 is 10.6 Å². The number of hydrogen-bond acceptors (Lipinski definition) is 6. The van der Waals surface area contributed by atoms with Gasteiger partial charge in [-0.25, -0.2) is 9.97 Å². The van der Waals surface area contributed by atoms with Gasteiger partial charge < -0.3 is 15.2 Å². The summed E-state index contributed by atoms with van der Waals surface area (Å²) in [7, 11) is 0. The third kappa shape index (κ3) is 3.79. The summed E-state index contributed by atoms with van der Waals surface area (Å²) in [5.74, 6) is 1.95. The van der Waals surface area contributed by atoms with E-state index >= 15 is 0 Å². The maximum Gasteiger partial charge on any atom is 0.270 e. The van der Waals surface area contributed by atoms with E-state index in [0.717, 1.165) is 24.4 Å². The number of carbonyl (C=O) groups excluding carboxylic acids is 1. The van der Waals surface area contributed by atoms with E-state index in [-0.39, 0.29) is 5.91 Å². The Labute approximate surface area is 157 Å². The third-order valence-corrected chi connectivity index (χ3v) is 4.59. The van der Waals surface area contributed by atoms with Crippen molar-refractivity contribution in [3.05, 3.63) is 65.1 Å². The van der Waals surface area contributed by atoms with Crippen molar-refractivity contribution >= 4 is 11.7 Å². The Bertz CT molecular complexity index is 952. The Morgan fingerprint density at radius 2 is 2.07 bits per heavy atom. The number of benzene rings is 1. The van der Waals surface area contributed by atoms with Gasteiger partial charge >= 0.3 is 0 Å². The zero-order chi connectivity index (χ0) is 18.6. The topological polar surface area (TPSA) is 97.6 Å². The molecule has 0 bridgehead atoms. The van der Waals surface area contributed by atoms with E-state index in [0.29, 0.717) is 36.8 Å². The van der Waals surface area contributed by atoms with Gasteiger partial charge in [0.15, 0.2) is 5.82 Å². The van der Waals surface area contributed by atoms with Crippen LogP contribution in [-0.2, 0) is 25.9 Å². The van der Waals surface area contributed by atoms with Crippen LogP contribution in [0.3, 0.4) is 0 Å². The average molecular weight is 363 g/mol. The highest BCUT2D eigenvalue weighted by atomic mass is 16.1. The number of aromatic nitrogens is 5. The second-order valence-corrected chi connectivity index (χ2v) is 6.48. The molecule has 1 aliphatic heterocycles. The number of aryl methyl sites for hydroxylation is 3. The number of hydrogen-bond donors (Lipinski definition) is 2. The van der Waals surface area contributed by atoms with Crippen molar-refractivity contribution < 1.29 is 4.79 Å². The number of anilines is 1. The van der Waals surface area contributed by atoms with Crippen molar-refractivity contribution in [1.82, 2.24) is 30.0 Å². The van der Waals surface area contributed by atoms with Gasteiger partial charge in [0, 0.05) is 18.7 Å². The van der Waals surface area contributed by atoms with E-state index in [2.05, 4.69) is 42.9 Å². The lowest BCUT2D eigenvalue weighted by atomic mass is 10.1. The number of rotatable bonds is 6. The van der Waals surface area contributed by atoms with Gasteiger partial charge in [-0.15, -0.1) is 10.2 Å². The average Bonchev–Trinajstić information content (AvgIpc) is 3.13. The van der Waals surface area contributed by atoms with Crippen molar-refractivity contribution in [3.8, 4) is 0 Å². The van der Waals surface area contributed by atoms with E-state index in [1.165, 1.54) is 5.56 Å². The van der Waals surface area contributed by atoms with Gasteiger partial charge in [0.1, 0.15) is 23.7 Å². The minimum absolute atomic E-state index is 0.143. The quantitative estimate of drug-likeness (QED) is 0.689. The molecule has 8 heteroatoms. The Morgan fingerprint density at radius 1 is 1.22 bits per heavy atom. The maximum atomic E-state index is 12.0. The minimum atomic E-state index is -0.143. The molecular weight excluding hydrogens is 342 g/mol. The molecule has 0 saturated heterocycles. The van der Waals surface area contributed by atoms with E-state index < -0.39 is 0 Å². The van der Waals surface area contributed by atoms with Gasteiger partial charge in [-0.05, 0) is 25.3 Å². The molecule has 3 heterocycles. The Balaban J connectivity index is 1.47. The van der Waals surface area contributed by atoms with Gasteiger partial charge in [-0.2, -0.15) is 0 Å². The van der Waals surface area contributed by atoms with Gasteiger partial charge in [-0.3, -0.25) is 4.79 Å². The molecule has 0 unspecified atom stereocenters. The molecule has 1 aliphatic rings. The normalized spacial score (nSPS) is 13.1. The van der Waals surface area contributed by atoms with Gasteiger partial charge in [0.2, 0.25) is 0 Å². The Morgan fingerprint density at radius 3 is 2.93 bits per heavy atom. The molecule has 8 nitrogen and oxygen atoms in total. The first-order chi connectivity index (χ1) is 13.2. The lowest BCUT2D eigenvalue weighted by Gasteiger charge is -2.19. The molecule has 1 aromatic carbocycles. The molecule has 0 atom stereocenters. The fourth-order valence-corrected chi connectivity index (χ4v) is 3.21. The molecule has 2 aromatic heterocycles. The lowest BCUT2D eigenvalue weighted by molar-refractivity contribution is 0.0940. The van der Waals surface area contributed by atoms with Crippen molar-refractivity contribution in [3.63, 3.8) is 0 Å². The summed E-state index contributed by atoms with van der Waals surface area (Å²) < 4.78 is 2.03. The zero-order valence-electron chi connectivity index (χ0n) is 15.1. The predicted octanol–water partition coefficient (Wildman–Crippen LogP) is 1.52. The number of carbonyl (C=O) groups is 1. The molecule has 27 heavy (non-hydrogen) atoms. The number of nitrogens with one attached hydrogen (secondary N) is 2. The molecule has 0 spiro atoms. The number of amides is 1. The van der Waals surface area contributed by atoms with Crippen LogP contribution in [0.1, 0.15) is 33.3 Å². The molecule has 0 radical (unpaired) electrons. The summed E-state index contributed by atoms with van der Waals surface area (Å²) in [5.41, 5.74) is 2.60. The van der Waals surface area contributed by atoms with Crippen molar-refractivity contribution in [1.29, 1.82) is 0 Å². The third-order valence-electron chi connectivity index (χ3n) is 4.59. The smallest absolute Gasteiger partial charge is 0.270 e. The number of fused-ring (bicyclic) bond motifs is 1. The summed E-state index contributed by atoms with van der Waals surface area (Å²) in [5, 5.41) is 14.4. The molecule has 3 aromatic rings. The van der Waals surface area contributed by atoms with Crippen LogP contribution in [-0.4, -0.2) is 37.2 Å². The van der Waals surface area contributed by atoms with Crippen LogP contribution in [0, 0.1) is 6.92 Å². The van der Waals surface area contributed by atoms with E-state index in [9.17, 15) is 4.79 Å². The Kier molecular flexibility index (Phi) is 4.78. The van der Waals surface area contributed by atoms with Crippen LogP contribution in [0.4, 0.5) is 5.82 Å². The standard InChI is InChI=1S/C19H21N7O/c1-13-23-17-15(7-9-20-19(17)27)18(24-13)21-11-16-25-22-12-26(16)10-8-14-5-3-2-4-6-14/h2-6,12H,7-11H2,1H3,(H,20,27)(H,21,23,24). The van der Waals surface area contributed by atoms with E-state index in [4.69, 9.17) is 0 Å². The molecule has 138 valence electrons.